The molecule has 32 heavy (non-hydrogen) atoms. The summed E-state index contributed by atoms with van der Waals surface area (Å²) in [5, 5.41) is 3.97. The van der Waals surface area contributed by atoms with Gasteiger partial charge in [-0.3, -0.25) is 14.2 Å². The van der Waals surface area contributed by atoms with E-state index in [-0.39, 0.29) is 11.5 Å². The van der Waals surface area contributed by atoms with Gasteiger partial charge >= 0.3 is 0 Å². The first-order valence-corrected chi connectivity index (χ1v) is 12.7. The smallest absolute Gasteiger partial charge is 0.263 e. The van der Waals surface area contributed by atoms with Gasteiger partial charge in [0.15, 0.2) is 5.16 Å². The van der Waals surface area contributed by atoms with E-state index in [4.69, 9.17) is 4.98 Å². The molecule has 0 aliphatic heterocycles. The van der Waals surface area contributed by atoms with E-state index in [1.54, 1.807) is 22.0 Å². The van der Waals surface area contributed by atoms with Crippen molar-refractivity contribution in [3.05, 3.63) is 62.8 Å². The Morgan fingerprint density at radius 3 is 2.81 bits per heavy atom. The highest BCUT2D eigenvalue weighted by Crippen LogP contribution is 2.37. The molecule has 4 rings (SSSR count). The minimum absolute atomic E-state index is 0.0215. The van der Waals surface area contributed by atoms with Crippen LogP contribution in [-0.2, 0) is 24.2 Å². The van der Waals surface area contributed by atoms with Crippen molar-refractivity contribution in [3.63, 3.8) is 0 Å². The fourth-order valence-electron chi connectivity index (χ4n) is 4.23. The topological polar surface area (TPSA) is 64.0 Å². The molecule has 2 atom stereocenters. The lowest BCUT2D eigenvalue weighted by molar-refractivity contribution is -0.115. The number of carbonyl (C=O) groups is 1. The summed E-state index contributed by atoms with van der Waals surface area (Å²) in [5.41, 5.74) is 4.05. The molecule has 0 spiro atoms. The van der Waals surface area contributed by atoms with Crippen molar-refractivity contribution in [2.75, 3.05) is 5.32 Å². The highest BCUT2D eigenvalue weighted by atomic mass is 32.2. The van der Waals surface area contributed by atoms with Gasteiger partial charge in [-0.05, 0) is 62.6 Å². The van der Waals surface area contributed by atoms with Gasteiger partial charge in [0, 0.05) is 17.1 Å². The molecule has 0 saturated heterocycles. The van der Waals surface area contributed by atoms with E-state index >= 15 is 0 Å². The number of para-hydroxylation sites is 1. The molecule has 2 aromatic heterocycles. The molecule has 0 radical (unpaired) electrons. The SMILES string of the molecule is C=CCn1c(SC(C)C(=O)Nc2c(C)cccc2C)nc2sc3c(c2c1=O)CCC(C)C3. The Hall–Kier alpha value is -2.38. The largest absolute Gasteiger partial charge is 0.325 e. The van der Waals surface area contributed by atoms with Crippen molar-refractivity contribution < 1.29 is 4.79 Å². The Morgan fingerprint density at radius 1 is 1.41 bits per heavy atom. The molecule has 0 bridgehead atoms. The molecule has 3 aromatic rings. The van der Waals surface area contributed by atoms with E-state index in [2.05, 4.69) is 18.8 Å². The molecule has 5 nitrogen and oxygen atoms in total. The molecule has 7 heteroatoms. The lowest BCUT2D eigenvalue weighted by Crippen LogP contribution is -2.27. The number of hydrogen-bond acceptors (Lipinski definition) is 5. The van der Waals surface area contributed by atoms with Gasteiger partial charge in [-0.25, -0.2) is 4.98 Å². The first-order valence-electron chi connectivity index (χ1n) is 11.0. The zero-order chi connectivity index (χ0) is 23.0. The third-order valence-corrected chi connectivity index (χ3v) is 8.31. The average molecular weight is 468 g/mol. The Labute approximate surface area is 197 Å². The van der Waals surface area contributed by atoms with Gasteiger partial charge in [0.25, 0.3) is 5.56 Å². The molecule has 2 unspecified atom stereocenters. The second kappa shape index (κ2) is 9.24. The molecule has 0 fully saturated rings. The third-order valence-electron chi connectivity index (χ3n) is 6.07. The number of allylic oxidation sites excluding steroid dienone is 1. The summed E-state index contributed by atoms with van der Waals surface area (Å²) >= 11 is 2.96. The van der Waals surface area contributed by atoms with Crippen LogP contribution in [0, 0.1) is 19.8 Å². The maximum atomic E-state index is 13.5. The molecule has 1 N–H and O–H groups in total. The van der Waals surface area contributed by atoms with Crippen molar-refractivity contribution in [1.82, 2.24) is 9.55 Å². The highest BCUT2D eigenvalue weighted by molar-refractivity contribution is 8.00. The molecule has 1 amide bonds. The number of thiophene rings is 1. The van der Waals surface area contributed by atoms with Gasteiger partial charge in [0.05, 0.1) is 10.6 Å². The molecule has 0 saturated carbocycles. The van der Waals surface area contributed by atoms with E-state index < -0.39 is 5.25 Å². The zero-order valence-electron chi connectivity index (χ0n) is 19.0. The molecular formula is C25H29N3O2S2. The number of carbonyl (C=O) groups excluding carboxylic acids is 1. The summed E-state index contributed by atoms with van der Waals surface area (Å²) in [7, 11) is 0. The molecule has 168 valence electrons. The van der Waals surface area contributed by atoms with Crippen LogP contribution in [0.25, 0.3) is 10.2 Å². The van der Waals surface area contributed by atoms with Crippen LogP contribution in [0.1, 0.15) is 41.8 Å². The standard InChI is InChI=1S/C25H29N3O2S2/c1-6-12-28-24(30)20-18-11-10-14(2)13-19(18)32-23(20)27-25(28)31-17(5)22(29)26-21-15(3)8-7-9-16(21)4/h6-9,14,17H,1,10-13H2,2-5H3,(H,26,29). The second-order valence-electron chi connectivity index (χ2n) is 8.65. The van der Waals surface area contributed by atoms with Crippen LogP contribution < -0.4 is 10.9 Å². The summed E-state index contributed by atoms with van der Waals surface area (Å²) in [6, 6.07) is 5.95. The van der Waals surface area contributed by atoms with Gasteiger partial charge in [0.2, 0.25) is 5.91 Å². The van der Waals surface area contributed by atoms with Crippen LogP contribution in [0.4, 0.5) is 5.69 Å². The maximum absolute atomic E-state index is 13.5. The number of benzene rings is 1. The monoisotopic (exact) mass is 467 g/mol. The van der Waals surface area contributed by atoms with Crippen LogP contribution in [0.2, 0.25) is 0 Å². The minimum atomic E-state index is -0.413. The Morgan fingerprint density at radius 2 is 2.12 bits per heavy atom. The molecule has 1 aromatic carbocycles. The van der Waals surface area contributed by atoms with E-state index in [1.807, 2.05) is 39.0 Å². The number of aromatic nitrogens is 2. The van der Waals surface area contributed by atoms with E-state index in [0.717, 1.165) is 46.3 Å². The summed E-state index contributed by atoms with van der Waals surface area (Å²) in [4.78, 5) is 33.4. The molecule has 1 aliphatic carbocycles. The minimum Gasteiger partial charge on any atom is -0.325 e. The van der Waals surface area contributed by atoms with E-state index in [9.17, 15) is 9.59 Å². The van der Waals surface area contributed by atoms with Gasteiger partial charge in [-0.2, -0.15) is 0 Å². The van der Waals surface area contributed by atoms with Crippen molar-refractivity contribution in [3.8, 4) is 0 Å². The Kier molecular flexibility index (Phi) is 6.58. The molecular weight excluding hydrogens is 438 g/mol. The van der Waals surface area contributed by atoms with Crippen LogP contribution in [-0.4, -0.2) is 20.7 Å². The quantitative estimate of drug-likeness (QED) is 0.295. The van der Waals surface area contributed by atoms with Gasteiger partial charge < -0.3 is 5.32 Å². The Balaban J connectivity index is 1.67. The third kappa shape index (κ3) is 4.28. The van der Waals surface area contributed by atoms with Crippen molar-refractivity contribution in [2.45, 2.75) is 63.9 Å². The lowest BCUT2D eigenvalue weighted by atomic mass is 9.89. The summed E-state index contributed by atoms with van der Waals surface area (Å²) in [6.07, 6.45) is 4.75. The number of thioether (sulfide) groups is 1. The predicted molar refractivity (Wildman–Crippen MR) is 135 cm³/mol. The molecule has 1 aliphatic rings. The van der Waals surface area contributed by atoms with Crippen LogP contribution in [0.5, 0.6) is 0 Å². The maximum Gasteiger partial charge on any atom is 0.263 e. The van der Waals surface area contributed by atoms with E-state index in [0.29, 0.717) is 17.6 Å². The summed E-state index contributed by atoms with van der Waals surface area (Å²) in [5.74, 6) is 0.527. The first-order chi connectivity index (χ1) is 15.3. The summed E-state index contributed by atoms with van der Waals surface area (Å²) in [6.45, 7) is 12.3. The fourth-order valence-corrected chi connectivity index (χ4v) is 6.57. The average Bonchev–Trinajstić information content (AvgIpc) is 3.10. The number of anilines is 1. The molecule has 2 heterocycles. The number of rotatable bonds is 6. The van der Waals surface area contributed by atoms with Gasteiger partial charge in [-0.15, -0.1) is 17.9 Å². The number of amides is 1. The number of hydrogen-bond donors (Lipinski definition) is 1. The van der Waals surface area contributed by atoms with Gasteiger partial charge in [-0.1, -0.05) is 43.0 Å². The van der Waals surface area contributed by atoms with Crippen LogP contribution in [0.3, 0.4) is 0 Å². The van der Waals surface area contributed by atoms with Crippen molar-refractivity contribution in [1.29, 1.82) is 0 Å². The van der Waals surface area contributed by atoms with Crippen molar-refractivity contribution in [2.24, 2.45) is 5.92 Å². The predicted octanol–water partition coefficient (Wildman–Crippen LogP) is 5.50. The number of fused-ring (bicyclic) bond motifs is 3. The number of aryl methyl sites for hydroxylation is 3. The highest BCUT2D eigenvalue weighted by Gasteiger charge is 2.26. The summed E-state index contributed by atoms with van der Waals surface area (Å²) < 4.78 is 1.66. The fraction of sp³-hybridized carbons (Fsp3) is 0.400. The van der Waals surface area contributed by atoms with Crippen LogP contribution >= 0.6 is 23.1 Å². The second-order valence-corrected chi connectivity index (χ2v) is 11.0. The van der Waals surface area contributed by atoms with E-state index in [1.165, 1.54) is 22.2 Å². The first kappa shape index (κ1) is 22.8. The van der Waals surface area contributed by atoms with Crippen LogP contribution in [0.15, 0.2) is 40.8 Å². The zero-order valence-corrected chi connectivity index (χ0v) is 20.7. The lowest BCUT2D eigenvalue weighted by Gasteiger charge is -2.18. The number of nitrogens with one attached hydrogen (secondary N) is 1. The Bertz CT molecular complexity index is 1240. The number of nitrogens with zero attached hydrogens (tertiary/aromatic N) is 2. The van der Waals surface area contributed by atoms with Crippen molar-refractivity contribution >= 4 is 44.9 Å². The normalized spacial score (nSPS) is 16.6. The van der Waals surface area contributed by atoms with Gasteiger partial charge in [0.1, 0.15) is 4.83 Å².